The van der Waals surface area contributed by atoms with Gasteiger partial charge >= 0.3 is 0 Å². The molecule has 0 fully saturated rings. The van der Waals surface area contributed by atoms with Crippen LogP contribution in [0.15, 0.2) is 239 Å². The molecule has 4 heterocycles. The lowest BCUT2D eigenvalue weighted by Crippen LogP contribution is -2.00. The monoisotopic (exact) mass is 882 g/mol. The van der Waals surface area contributed by atoms with Gasteiger partial charge in [-0.05, 0) is 94.0 Å². The smallest absolute Gasteiger partial charge is 0.164 e. The molecule has 6 heteroatoms. The number of hydrogen-bond donors (Lipinski definition) is 0. The normalized spacial score (nSPS) is 11.8. The van der Waals surface area contributed by atoms with E-state index in [1.54, 1.807) is 0 Å². The molecule has 0 aliphatic rings. The van der Waals surface area contributed by atoms with Gasteiger partial charge in [0, 0.05) is 60.8 Å². The van der Waals surface area contributed by atoms with Crippen molar-refractivity contribution in [2.24, 2.45) is 0 Å². The number of nitrogens with zero attached hydrogens (tertiary/aromatic N) is 4. The first-order valence-electron chi connectivity index (χ1n) is 23.2. The molecule has 0 spiro atoms. The van der Waals surface area contributed by atoms with Crippen LogP contribution in [0.5, 0.6) is 0 Å². The molecule has 4 aromatic heterocycles. The average Bonchev–Trinajstić information content (AvgIpc) is 4.10. The van der Waals surface area contributed by atoms with Crippen molar-refractivity contribution in [3.63, 3.8) is 0 Å². The van der Waals surface area contributed by atoms with E-state index in [0.717, 1.165) is 99.5 Å². The van der Waals surface area contributed by atoms with Crippen LogP contribution < -0.4 is 0 Å². The van der Waals surface area contributed by atoms with Crippen molar-refractivity contribution in [2.45, 2.75) is 0 Å². The van der Waals surface area contributed by atoms with Crippen molar-refractivity contribution < 1.29 is 8.83 Å². The highest BCUT2D eigenvalue weighted by Crippen LogP contribution is 2.42. The maximum absolute atomic E-state index is 6.80. The number of rotatable bonds is 7. The summed E-state index contributed by atoms with van der Waals surface area (Å²) in [5, 5.41) is 6.47. The molecule has 14 aromatic rings. The van der Waals surface area contributed by atoms with Gasteiger partial charge in [0.25, 0.3) is 0 Å². The second-order valence-electron chi connectivity index (χ2n) is 17.6. The van der Waals surface area contributed by atoms with Crippen LogP contribution in [-0.4, -0.2) is 19.5 Å². The van der Waals surface area contributed by atoms with Gasteiger partial charge in [-0.2, -0.15) is 0 Å². The molecule has 0 saturated carbocycles. The lowest BCUT2D eigenvalue weighted by atomic mass is 9.97. The van der Waals surface area contributed by atoms with Crippen LogP contribution in [0.4, 0.5) is 0 Å². The van der Waals surface area contributed by atoms with E-state index < -0.39 is 0 Å². The average molecular weight is 883 g/mol. The van der Waals surface area contributed by atoms with E-state index in [2.05, 4.69) is 180 Å². The maximum atomic E-state index is 6.80. The van der Waals surface area contributed by atoms with E-state index >= 15 is 0 Å². The molecule has 0 radical (unpaired) electrons. The zero-order valence-corrected chi connectivity index (χ0v) is 37.0. The van der Waals surface area contributed by atoms with Crippen molar-refractivity contribution >= 4 is 65.7 Å². The summed E-state index contributed by atoms with van der Waals surface area (Å²) in [4.78, 5) is 15.5. The number of aromatic nitrogens is 4. The van der Waals surface area contributed by atoms with Crippen LogP contribution in [0.2, 0.25) is 0 Å². The summed E-state index contributed by atoms with van der Waals surface area (Å²) in [5.74, 6) is 1.74. The molecule has 0 aliphatic heterocycles. The molecule has 0 amide bonds. The maximum Gasteiger partial charge on any atom is 0.164 e. The van der Waals surface area contributed by atoms with Crippen LogP contribution >= 0.6 is 0 Å². The Balaban J connectivity index is 0.905. The molecule has 14 rings (SSSR count). The van der Waals surface area contributed by atoms with Gasteiger partial charge in [-0.3, -0.25) is 0 Å². The van der Waals surface area contributed by atoms with Crippen molar-refractivity contribution in [1.82, 2.24) is 19.5 Å². The van der Waals surface area contributed by atoms with Gasteiger partial charge in [0.05, 0.1) is 11.0 Å². The summed E-state index contributed by atoms with van der Waals surface area (Å²) in [6.45, 7) is 0. The SMILES string of the molecule is c1ccc(-c2ccc(-c3nc(-c4ccccc4)nc(-c4cc(-c5ccc6c(c5)oc5cc(-n7c8ccccc8c8cc(-c9ccccc9)ccc87)ccc56)cc5oc6ccccc6c45)n3)cc2)cc1. The van der Waals surface area contributed by atoms with Gasteiger partial charge < -0.3 is 13.4 Å². The van der Waals surface area contributed by atoms with E-state index in [1.165, 1.54) is 21.9 Å². The summed E-state index contributed by atoms with van der Waals surface area (Å²) in [7, 11) is 0. The second kappa shape index (κ2) is 15.6. The topological polar surface area (TPSA) is 69.9 Å². The Bertz CT molecular complexity index is 4290. The Labute approximate surface area is 396 Å². The molecule has 0 N–H and O–H groups in total. The Hall–Kier alpha value is -9.39. The third kappa shape index (κ3) is 6.53. The van der Waals surface area contributed by atoms with E-state index in [0.29, 0.717) is 17.5 Å². The van der Waals surface area contributed by atoms with Gasteiger partial charge in [-0.25, -0.2) is 15.0 Å². The molecule has 0 unspecified atom stereocenters. The Kier molecular flexibility index (Phi) is 8.79. The predicted molar refractivity (Wildman–Crippen MR) is 281 cm³/mol. The third-order valence-electron chi connectivity index (χ3n) is 13.5. The first-order chi connectivity index (χ1) is 34.2. The second-order valence-corrected chi connectivity index (χ2v) is 17.6. The number of fused-ring (bicyclic) bond motifs is 9. The summed E-state index contributed by atoms with van der Waals surface area (Å²) in [6.07, 6.45) is 0. The number of hydrogen-bond acceptors (Lipinski definition) is 5. The third-order valence-corrected chi connectivity index (χ3v) is 13.5. The highest BCUT2D eigenvalue weighted by atomic mass is 16.3. The molecule has 6 nitrogen and oxygen atoms in total. The summed E-state index contributed by atoms with van der Waals surface area (Å²) < 4.78 is 15.8. The minimum Gasteiger partial charge on any atom is -0.456 e. The fourth-order valence-electron chi connectivity index (χ4n) is 10.1. The van der Waals surface area contributed by atoms with Crippen LogP contribution in [0, 0.1) is 0 Å². The Morgan fingerprint density at radius 1 is 0.275 bits per heavy atom. The molecule has 0 saturated heterocycles. The van der Waals surface area contributed by atoms with Gasteiger partial charge in [-0.15, -0.1) is 0 Å². The van der Waals surface area contributed by atoms with Gasteiger partial charge in [0.2, 0.25) is 0 Å². The molecule has 0 bridgehead atoms. The quantitative estimate of drug-likeness (QED) is 0.159. The van der Waals surface area contributed by atoms with Gasteiger partial charge in [0.15, 0.2) is 17.5 Å². The standard InChI is InChI=1S/C63H38N4O2/c1-4-14-39(15-5-1)41-24-26-43(27-25-41)62-64-61(42-18-8-3-9-19-42)65-63(66-62)53-35-46(37-59-60(53)51-21-11-13-23-56(51)68-59)45-28-31-49-50-32-30-47(38-58(50)69-57(49)36-45)67-54-22-12-10-20-48(54)52-34-44(29-33-55(52)67)40-16-6-2-7-17-40/h1-38H. The number of para-hydroxylation sites is 2. The predicted octanol–water partition coefficient (Wildman–Crippen LogP) is 16.8. The summed E-state index contributed by atoms with van der Waals surface area (Å²) in [5.41, 5.74) is 15.8. The summed E-state index contributed by atoms with van der Waals surface area (Å²) >= 11 is 0. The van der Waals surface area contributed by atoms with Crippen molar-refractivity contribution in [3.8, 4) is 73.2 Å². The lowest BCUT2D eigenvalue weighted by Gasteiger charge is -2.11. The van der Waals surface area contributed by atoms with Crippen molar-refractivity contribution in [3.05, 3.63) is 231 Å². The number of benzene rings is 10. The first-order valence-corrected chi connectivity index (χ1v) is 23.2. The zero-order valence-electron chi connectivity index (χ0n) is 37.0. The Morgan fingerprint density at radius 2 is 0.768 bits per heavy atom. The molecule has 10 aromatic carbocycles. The molecule has 69 heavy (non-hydrogen) atoms. The molecular weight excluding hydrogens is 845 g/mol. The van der Waals surface area contributed by atoms with Crippen LogP contribution in [0.1, 0.15) is 0 Å². The van der Waals surface area contributed by atoms with E-state index in [4.69, 9.17) is 23.8 Å². The highest BCUT2D eigenvalue weighted by Gasteiger charge is 2.21. The lowest BCUT2D eigenvalue weighted by molar-refractivity contribution is 0.668. The van der Waals surface area contributed by atoms with Crippen LogP contribution in [0.25, 0.3) is 139 Å². The fourth-order valence-corrected chi connectivity index (χ4v) is 10.1. The zero-order chi connectivity index (χ0) is 45.4. The molecular formula is C63H38N4O2. The molecule has 322 valence electrons. The van der Waals surface area contributed by atoms with Crippen LogP contribution in [-0.2, 0) is 0 Å². The highest BCUT2D eigenvalue weighted by molar-refractivity contribution is 6.14. The summed E-state index contributed by atoms with van der Waals surface area (Å²) in [6, 6.07) is 80.4. The van der Waals surface area contributed by atoms with Gasteiger partial charge in [-0.1, -0.05) is 164 Å². The minimum atomic E-state index is 0.558. The van der Waals surface area contributed by atoms with Crippen LogP contribution in [0.3, 0.4) is 0 Å². The largest absolute Gasteiger partial charge is 0.456 e. The van der Waals surface area contributed by atoms with Crippen molar-refractivity contribution in [1.29, 1.82) is 0 Å². The molecule has 0 atom stereocenters. The number of furan rings is 2. The van der Waals surface area contributed by atoms with Gasteiger partial charge in [0.1, 0.15) is 22.3 Å². The van der Waals surface area contributed by atoms with Crippen molar-refractivity contribution in [2.75, 3.05) is 0 Å². The minimum absolute atomic E-state index is 0.558. The fraction of sp³-hybridized carbons (Fsp3) is 0. The van der Waals surface area contributed by atoms with E-state index in [1.807, 2.05) is 54.6 Å². The van der Waals surface area contributed by atoms with E-state index in [9.17, 15) is 0 Å². The van der Waals surface area contributed by atoms with E-state index in [-0.39, 0.29) is 0 Å². The Morgan fingerprint density at radius 3 is 1.52 bits per heavy atom. The molecule has 0 aliphatic carbocycles. The first kappa shape index (κ1) is 38.8.